The maximum Gasteiger partial charge on any atom is 0.144 e. The smallest absolute Gasteiger partial charge is 0.144 e. The molecule has 2 rings (SSSR count). The lowest BCUT2D eigenvalue weighted by molar-refractivity contribution is 0.180. The van der Waals surface area contributed by atoms with E-state index in [9.17, 15) is 0 Å². The normalized spacial score (nSPS) is 22.8. The van der Waals surface area contributed by atoms with Crippen molar-refractivity contribution in [1.29, 1.82) is 0 Å². The van der Waals surface area contributed by atoms with Crippen molar-refractivity contribution in [3.8, 4) is 0 Å². The van der Waals surface area contributed by atoms with E-state index in [4.69, 9.17) is 14.7 Å². The van der Waals surface area contributed by atoms with Crippen molar-refractivity contribution in [3.05, 3.63) is 16.0 Å². The molecule has 0 aromatic carbocycles. The minimum absolute atomic E-state index is 0.493. The summed E-state index contributed by atoms with van der Waals surface area (Å²) in [5, 5.41) is 3.31. The summed E-state index contributed by atoms with van der Waals surface area (Å²) in [6.07, 6.45) is 4.95. The Morgan fingerprint density at radius 3 is 2.55 bits per heavy atom. The maximum atomic E-state index is 5.25. The highest BCUT2D eigenvalue weighted by molar-refractivity contribution is 9.10. The number of nitrogens with zero attached hydrogens (tertiary/aromatic N) is 2. The zero-order valence-corrected chi connectivity index (χ0v) is 14.2. The number of hydrogen-bond donors (Lipinski definition) is 1. The Balaban J connectivity index is 2.27. The molecule has 0 radical (unpaired) electrons. The van der Waals surface area contributed by atoms with Crippen LogP contribution in [-0.4, -0.2) is 23.6 Å². The Morgan fingerprint density at radius 2 is 1.95 bits per heavy atom. The van der Waals surface area contributed by atoms with Gasteiger partial charge in [0.1, 0.15) is 11.6 Å². The van der Waals surface area contributed by atoms with Crippen LogP contribution in [0.15, 0.2) is 4.47 Å². The Kier molecular flexibility index (Phi) is 5.78. The highest BCUT2D eigenvalue weighted by atomic mass is 79.9. The average molecular weight is 342 g/mol. The van der Waals surface area contributed by atoms with Gasteiger partial charge in [-0.1, -0.05) is 19.8 Å². The Morgan fingerprint density at radius 1 is 1.25 bits per heavy atom. The molecule has 1 aliphatic carbocycles. The lowest BCUT2D eigenvalue weighted by atomic mass is 9.82. The first-order chi connectivity index (χ1) is 9.65. The molecule has 20 heavy (non-hydrogen) atoms. The van der Waals surface area contributed by atoms with Crippen LogP contribution >= 0.6 is 15.9 Å². The summed E-state index contributed by atoms with van der Waals surface area (Å²) in [7, 11) is 1.70. The third-order valence-corrected chi connectivity index (χ3v) is 4.78. The quantitative estimate of drug-likeness (QED) is 0.875. The molecule has 4 nitrogen and oxygen atoms in total. The van der Waals surface area contributed by atoms with Crippen molar-refractivity contribution in [3.63, 3.8) is 0 Å². The van der Waals surface area contributed by atoms with Crippen molar-refractivity contribution >= 4 is 21.7 Å². The van der Waals surface area contributed by atoms with Crippen molar-refractivity contribution < 1.29 is 4.74 Å². The lowest BCUT2D eigenvalue weighted by Gasteiger charge is -2.26. The van der Waals surface area contributed by atoms with E-state index in [2.05, 4.69) is 35.1 Å². The summed E-state index contributed by atoms with van der Waals surface area (Å²) in [6, 6.07) is 0. The van der Waals surface area contributed by atoms with Crippen LogP contribution in [0.2, 0.25) is 0 Å². The van der Waals surface area contributed by atoms with Crippen molar-refractivity contribution in [2.45, 2.75) is 52.1 Å². The number of nitrogens with one attached hydrogen (secondary N) is 1. The molecule has 1 aliphatic rings. The second kappa shape index (κ2) is 7.36. The third kappa shape index (κ3) is 3.70. The SMILES string of the molecule is CCNc1nc(C2CCC(C)CC2)nc(COC)c1Br. The molecule has 1 saturated carbocycles. The van der Waals surface area contributed by atoms with Gasteiger partial charge in [-0.15, -0.1) is 0 Å². The molecule has 5 heteroatoms. The van der Waals surface area contributed by atoms with Gasteiger partial charge in [0.05, 0.1) is 16.8 Å². The first-order valence-electron chi connectivity index (χ1n) is 7.44. The van der Waals surface area contributed by atoms with Gasteiger partial charge in [-0.25, -0.2) is 9.97 Å². The molecule has 1 fully saturated rings. The van der Waals surface area contributed by atoms with Crippen LogP contribution in [0.4, 0.5) is 5.82 Å². The van der Waals surface area contributed by atoms with Crippen LogP contribution in [0.25, 0.3) is 0 Å². The molecule has 0 spiro atoms. The van der Waals surface area contributed by atoms with Crippen molar-refractivity contribution in [2.75, 3.05) is 19.0 Å². The van der Waals surface area contributed by atoms with Crippen LogP contribution in [-0.2, 0) is 11.3 Å². The molecular weight excluding hydrogens is 318 g/mol. The largest absolute Gasteiger partial charge is 0.378 e. The molecule has 1 aromatic heterocycles. The van der Waals surface area contributed by atoms with E-state index in [1.165, 1.54) is 25.7 Å². The van der Waals surface area contributed by atoms with Gasteiger partial charge in [0.2, 0.25) is 0 Å². The minimum Gasteiger partial charge on any atom is -0.378 e. The number of halogens is 1. The molecule has 1 aromatic rings. The molecule has 0 amide bonds. The van der Waals surface area contributed by atoms with Gasteiger partial charge >= 0.3 is 0 Å². The first kappa shape index (κ1) is 15.7. The number of aromatic nitrogens is 2. The molecule has 0 saturated heterocycles. The van der Waals surface area contributed by atoms with Gasteiger partial charge in [-0.3, -0.25) is 0 Å². The lowest BCUT2D eigenvalue weighted by Crippen LogP contribution is -2.16. The van der Waals surface area contributed by atoms with Crippen molar-refractivity contribution in [1.82, 2.24) is 9.97 Å². The predicted octanol–water partition coefficient (Wildman–Crippen LogP) is 4.11. The van der Waals surface area contributed by atoms with Gasteiger partial charge in [0.25, 0.3) is 0 Å². The Labute approximate surface area is 129 Å². The first-order valence-corrected chi connectivity index (χ1v) is 8.24. The van der Waals surface area contributed by atoms with Gasteiger partial charge in [0, 0.05) is 19.6 Å². The fourth-order valence-electron chi connectivity index (χ4n) is 2.73. The molecule has 1 heterocycles. The number of hydrogen-bond acceptors (Lipinski definition) is 4. The molecule has 0 bridgehead atoms. The monoisotopic (exact) mass is 341 g/mol. The second-order valence-corrected chi connectivity index (χ2v) is 6.40. The highest BCUT2D eigenvalue weighted by Gasteiger charge is 2.24. The number of rotatable bonds is 5. The van der Waals surface area contributed by atoms with E-state index in [0.717, 1.165) is 34.3 Å². The molecule has 0 atom stereocenters. The Hall–Kier alpha value is -0.680. The van der Waals surface area contributed by atoms with E-state index in [1.54, 1.807) is 7.11 Å². The van der Waals surface area contributed by atoms with Crippen LogP contribution < -0.4 is 5.32 Å². The van der Waals surface area contributed by atoms with Gasteiger partial charge in [0.15, 0.2) is 0 Å². The standard InChI is InChI=1S/C15H24BrN3O/c1-4-17-15-13(16)12(9-20-3)18-14(19-15)11-7-5-10(2)6-8-11/h10-11H,4-9H2,1-3H3,(H,17,18,19). The minimum atomic E-state index is 0.493. The fraction of sp³-hybridized carbons (Fsp3) is 0.733. The number of methoxy groups -OCH3 is 1. The summed E-state index contributed by atoms with van der Waals surface area (Å²) in [5.41, 5.74) is 0.937. The molecule has 1 N–H and O–H groups in total. The van der Waals surface area contributed by atoms with E-state index >= 15 is 0 Å². The zero-order valence-electron chi connectivity index (χ0n) is 12.6. The van der Waals surface area contributed by atoms with Crippen LogP contribution in [0.1, 0.15) is 57.0 Å². The van der Waals surface area contributed by atoms with E-state index < -0.39 is 0 Å². The van der Waals surface area contributed by atoms with E-state index in [0.29, 0.717) is 12.5 Å². The van der Waals surface area contributed by atoms with Crippen LogP contribution in [0.5, 0.6) is 0 Å². The van der Waals surface area contributed by atoms with Crippen LogP contribution in [0, 0.1) is 5.92 Å². The van der Waals surface area contributed by atoms with Crippen molar-refractivity contribution in [2.24, 2.45) is 5.92 Å². The molecular formula is C15H24BrN3O. The molecule has 0 aliphatic heterocycles. The maximum absolute atomic E-state index is 5.25. The summed E-state index contributed by atoms with van der Waals surface area (Å²) in [4.78, 5) is 9.46. The summed E-state index contributed by atoms with van der Waals surface area (Å²) in [5.74, 6) is 3.20. The average Bonchev–Trinajstić information content (AvgIpc) is 2.44. The summed E-state index contributed by atoms with van der Waals surface area (Å²) >= 11 is 3.58. The van der Waals surface area contributed by atoms with E-state index in [1.807, 2.05) is 0 Å². The predicted molar refractivity (Wildman–Crippen MR) is 85.0 cm³/mol. The Bertz CT molecular complexity index is 418. The third-order valence-electron chi connectivity index (χ3n) is 3.94. The molecule has 0 unspecified atom stereocenters. The number of anilines is 1. The second-order valence-electron chi connectivity index (χ2n) is 5.61. The summed E-state index contributed by atoms with van der Waals surface area (Å²) < 4.78 is 6.18. The van der Waals surface area contributed by atoms with Crippen LogP contribution in [0.3, 0.4) is 0 Å². The highest BCUT2D eigenvalue weighted by Crippen LogP contribution is 2.35. The topological polar surface area (TPSA) is 47.0 Å². The zero-order chi connectivity index (χ0) is 14.5. The van der Waals surface area contributed by atoms with Gasteiger partial charge in [-0.05, 0) is 41.6 Å². The number of ether oxygens (including phenoxy) is 1. The molecule has 112 valence electrons. The van der Waals surface area contributed by atoms with Gasteiger partial charge in [-0.2, -0.15) is 0 Å². The van der Waals surface area contributed by atoms with Gasteiger partial charge < -0.3 is 10.1 Å². The van der Waals surface area contributed by atoms with E-state index in [-0.39, 0.29) is 0 Å². The summed E-state index contributed by atoms with van der Waals surface area (Å²) in [6.45, 7) is 5.77. The fourth-order valence-corrected chi connectivity index (χ4v) is 3.16.